The van der Waals surface area contributed by atoms with Crippen LogP contribution in [0.2, 0.25) is 0 Å². The Morgan fingerprint density at radius 3 is 2.45 bits per heavy atom. The quantitative estimate of drug-likeness (QED) is 0.391. The lowest BCUT2D eigenvalue weighted by molar-refractivity contribution is -0.115. The zero-order chi connectivity index (χ0) is 21.6. The number of amides is 1. The van der Waals surface area contributed by atoms with Crippen molar-refractivity contribution in [1.29, 1.82) is 0 Å². The molecular formula is C22H30INO5. The number of likely N-dealkylation sites (tertiary alicyclic amines) is 1. The number of hydrogen-bond acceptors (Lipinski definition) is 5. The summed E-state index contributed by atoms with van der Waals surface area (Å²) in [6, 6.07) is 3.59. The zero-order valence-corrected chi connectivity index (χ0v) is 19.9. The molecule has 1 aromatic rings. The SMILES string of the molecule is COc1cc(I)c(/C=C/C(=O)C[C@H]2CCCCN2C(=O)OC(C)(C)C)cc1OC. The summed E-state index contributed by atoms with van der Waals surface area (Å²) in [4.78, 5) is 26.8. The third-order valence-electron chi connectivity index (χ3n) is 4.64. The minimum atomic E-state index is -0.549. The van der Waals surface area contributed by atoms with E-state index >= 15 is 0 Å². The van der Waals surface area contributed by atoms with Crippen LogP contribution >= 0.6 is 22.6 Å². The number of methoxy groups -OCH3 is 2. The fourth-order valence-corrected chi connectivity index (χ4v) is 3.87. The van der Waals surface area contributed by atoms with Crippen LogP contribution in [0.1, 0.15) is 52.0 Å². The molecule has 0 aromatic heterocycles. The lowest BCUT2D eigenvalue weighted by atomic mass is 9.97. The second-order valence-electron chi connectivity index (χ2n) is 8.06. The molecule has 1 aromatic carbocycles. The molecule has 1 heterocycles. The molecule has 160 valence electrons. The molecule has 2 rings (SSSR count). The largest absolute Gasteiger partial charge is 0.493 e. The van der Waals surface area contributed by atoms with Gasteiger partial charge in [-0.15, -0.1) is 0 Å². The van der Waals surface area contributed by atoms with Crippen molar-refractivity contribution in [3.63, 3.8) is 0 Å². The first-order valence-electron chi connectivity index (χ1n) is 9.76. The Balaban J connectivity index is 2.07. The summed E-state index contributed by atoms with van der Waals surface area (Å²) < 4.78 is 17.1. The van der Waals surface area contributed by atoms with Crippen molar-refractivity contribution >= 4 is 40.5 Å². The van der Waals surface area contributed by atoms with E-state index in [0.29, 0.717) is 24.5 Å². The third-order valence-corrected chi connectivity index (χ3v) is 5.58. The summed E-state index contributed by atoms with van der Waals surface area (Å²) in [6.07, 6.45) is 6.07. The Kier molecular flexibility index (Phi) is 8.36. The number of ether oxygens (including phenoxy) is 3. The predicted octanol–water partition coefficient (Wildman–Crippen LogP) is 5.07. The maximum atomic E-state index is 12.6. The first kappa shape index (κ1) is 23.5. The monoisotopic (exact) mass is 515 g/mol. The summed E-state index contributed by atoms with van der Waals surface area (Å²) in [5.41, 5.74) is 0.330. The van der Waals surface area contributed by atoms with Crippen LogP contribution in [0.4, 0.5) is 4.79 Å². The van der Waals surface area contributed by atoms with Crippen molar-refractivity contribution < 1.29 is 23.8 Å². The molecule has 1 aliphatic heterocycles. The Labute approximate surface area is 186 Å². The van der Waals surface area contributed by atoms with Gasteiger partial charge in [-0.25, -0.2) is 4.79 Å². The van der Waals surface area contributed by atoms with Crippen LogP contribution in [0.25, 0.3) is 6.08 Å². The highest BCUT2D eigenvalue weighted by molar-refractivity contribution is 14.1. The van der Waals surface area contributed by atoms with Gasteiger partial charge in [0.1, 0.15) is 5.60 Å². The average molecular weight is 515 g/mol. The fourth-order valence-electron chi connectivity index (χ4n) is 3.25. The number of carbonyl (C=O) groups is 2. The Bertz CT molecular complexity index is 769. The number of nitrogens with zero attached hydrogens (tertiary/aromatic N) is 1. The molecule has 0 N–H and O–H groups in total. The molecule has 0 aliphatic carbocycles. The highest BCUT2D eigenvalue weighted by Crippen LogP contribution is 2.32. The molecule has 1 atom stereocenters. The van der Waals surface area contributed by atoms with Crippen molar-refractivity contribution in [2.24, 2.45) is 0 Å². The van der Waals surface area contributed by atoms with Gasteiger partial charge in [0, 0.05) is 22.6 Å². The smallest absolute Gasteiger partial charge is 0.410 e. The average Bonchev–Trinajstić information content (AvgIpc) is 2.65. The molecule has 0 bridgehead atoms. The molecule has 1 amide bonds. The Morgan fingerprint density at radius 2 is 1.83 bits per heavy atom. The maximum absolute atomic E-state index is 12.6. The van der Waals surface area contributed by atoms with Gasteiger partial charge in [-0.3, -0.25) is 4.79 Å². The lowest BCUT2D eigenvalue weighted by Crippen LogP contribution is -2.46. The van der Waals surface area contributed by atoms with Gasteiger partial charge in [-0.1, -0.05) is 6.08 Å². The molecule has 7 heteroatoms. The van der Waals surface area contributed by atoms with Crippen molar-refractivity contribution in [2.45, 2.75) is 58.1 Å². The van der Waals surface area contributed by atoms with E-state index in [-0.39, 0.29) is 17.9 Å². The highest BCUT2D eigenvalue weighted by Gasteiger charge is 2.31. The van der Waals surface area contributed by atoms with E-state index < -0.39 is 5.60 Å². The van der Waals surface area contributed by atoms with E-state index in [1.54, 1.807) is 31.3 Å². The van der Waals surface area contributed by atoms with Gasteiger partial charge in [0.05, 0.1) is 14.2 Å². The number of piperidine rings is 1. The van der Waals surface area contributed by atoms with Crippen LogP contribution in [0, 0.1) is 3.57 Å². The van der Waals surface area contributed by atoms with Crippen LogP contribution in [-0.4, -0.2) is 49.2 Å². The number of carbonyl (C=O) groups excluding carboxylic acids is 2. The lowest BCUT2D eigenvalue weighted by Gasteiger charge is -2.36. The zero-order valence-electron chi connectivity index (χ0n) is 17.8. The van der Waals surface area contributed by atoms with Crippen molar-refractivity contribution in [2.75, 3.05) is 20.8 Å². The predicted molar refractivity (Wildman–Crippen MR) is 122 cm³/mol. The highest BCUT2D eigenvalue weighted by atomic mass is 127. The van der Waals surface area contributed by atoms with Crippen molar-refractivity contribution in [3.05, 3.63) is 27.3 Å². The van der Waals surface area contributed by atoms with Gasteiger partial charge in [0.25, 0.3) is 0 Å². The first-order chi connectivity index (χ1) is 13.6. The van der Waals surface area contributed by atoms with E-state index in [0.717, 1.165) is 28.4 Å². The van der Waals surface area contributed by atoms with E-state index in [1.807, 2.05) is 32.9 Å². The number of hydrogen-bond donors (Lipinski definition) is 0. The van der Waals surface area contributed by atoms with E-state index in [9.17, 15) is 9.59 Å². The molecular weight excluding hydrogens is 485 g/mol. The third kappa shape index (κ3) is 6.90. The van der Waals surface area contributed by atoms with Crippen LogP contribution in [0.3, 0.4) is 0 Å². The number of benzene rings is 1. The number of allylic oxidation sites excluding steroid dienone is 1. The summed E-state index contributed by atoms with van der Waals surface area (Å²) in [5.74, 6) is 1.25. The number of rotatable bonds is 6. The standard InChI is InChI=1S/C22H30INO5/c1-22(2,3)29-21(26)24-11-7-6-8-16(24)13-17(25)10-9-15-12-19(27-4)20(28-5)14-18(15)23/h9-10,12,14,16H,6-8,11,13H2,1-5H3/b10-9+/t16-/m1/s1. The molecule has 0 radical (unpaired) electrons. The molecule has 0 saturated carbocycles. The first-order valence-corrected chi connectivity index (χ1v) is 10.8. The topological polar surface area (TPSA) is 65.1 Å². The second-order valence-corrected chi connectivity index (χ2v) is 9.22. The summed E-state index contributed by atoms with van der Waals surface area (Å²) in [6.45, 7) is 6.18. The van der Waals surface area contributed by atoms with Gasteiger partial charge in [0.15, 0.2) is 17.3 Å². The summed E-state index contributed by atoms with van der Waals surface area (Å²) >= 11 is 2.20. The van der Waals surface area contributed by atoms with Crippen molar-refractivity contribution in [1.82, 2.24) is 4.90 Å². The van der Waals surface area contributed by atoms with E-state index in [4.69, 9.17) is 14.2 Å². The van der Waals surface area contributed by atoms with Gasteiger partial charge in [-0.2, -0.15) is 0 Å². The van der Waals surface area contributed by atoms with Crippen LogP contribution in [-0.2, 0) is 9.53 Å². The molecule has 1 fully saturated rings. The van der Waals surface area contributed by atoms with Crippen LogP contribution < -0.4 is 9.47 Å². The molecule has 6 nitrogen and oxygen atoms in total. The summed E-state index contributed by atoms with van der Waals surface area (Å²) in [7, 11) is 3.17. The molecule has 0 unspecified atom stereocenters. The van der Waals surface area contributed by atoms with E-state index in [1.165, 1.54) is 0 Å². The van der Waals surface area contributed by atoms with Gasteiger partial charge < -0.3 is 19.1 Å². The van der Waals surface area contributed by atoms with Gasteiger partial charge >= 0.3 is 6.09 Å². The normalized spacial score (nSPS) is 17.3. The maximum Gasteiger partial charge on any atom is 0.410 e. The minimum Gasteiger partial charge on any atom is -0.493 e. The van der Waals surface area contributed by atoms with Crippen LogP contribution in [0.5, 0.6) is 11.5 Å². The second kappa shape index (κ2) is 10.3. The molecule has 29 heavy (non-hydrogen) atoms. The molecule has 1 aliphatic rings. The molecule has 1 saturated heterocycles. The summed E-state index contributed by atoms with van der Waals surface area (Å²) in [5, 5.41) is 0. The fraction of sp³-hybridized carbons (Fsp3) is 0.545. The Morgan fingerprint density at radius 1 is 1.17 bits per heavy atom. The molecule has 0 spiro atoms. The van der Waals surface area contributed by atoms with Crippen LogP contribution in [0.15, 0.2) is 18.2 Å². The minimum absolute atomic E-state index is 0.0176. The Hall–Kier alpha value is -1.77. The van der Waals surface area contributed by atoms with Gasteiger partial charge in [-0.05, 0) is 86.4 Å². The van der Waals surface area contributed by atoms with Gasteiger partial charge in [0.2, 0.25) is 0 Å². The number of ketones is 1. The van der Waals surface area contributed by atoms with Crippen molar-refractivity contribution in [3.8, 4) is 11.5 Å². The number of halogens is 1. The van der Waals surface area contributed by atoms with E-state index in [2.05, 4.69) is 22.6 Å².